The molecule has 5 nitrogen and oxygen atoms in total. The fourth-order valence-electron chi connectivity index (χ4n) is 1.85. The summed E-state index contributed by atoms with van der Waals surface area (Å²) < 4.78 is 1.87. The molecule has 0 aliphatic carbocycles. The normalized spacial score (nSPS) is 12.8. The van der Waals surface area contributed by atoms with E-state index in [-0.39, 0.29) is 22.9 Å². The highest BCUT2D eigenvalue weighted by molar-refractivity contribution is 5.76. The highest BCUT2D eigenvalue weighted by Crippen LogP contribution is 2.27. The van der Waals surface area contributed by atoms with Crippen molar-refractivity contribution in [2.45, 2.75) is 78.3 Å². The first-order valence-corrected chi connectivity index (χ1v) is 7.25. The predicted molar refractivity (Wildman–Crippen MR) is 80.6 cm³/mol. The molecule has 20 heavy (non-hydrogen) atoms. The zero-order valence-electron chi connectivity index (χ0n) is 13.8. The van der Waals surface area contributed by atoms with E-state index in [1.165, 1.54) is 0 Å². The number of hydrogen-bond donors (Lipinski definition) is 1. The summed E-state index contributed by atoms with van der Waals surface area (Å²) in [7, 11) is 0. The molecular weight excluding hydrogens is 252 g/mol. The van der Waals surface area contributed by atoms with Crippen LogP contribution in [0, 0.1) is 0 Å². The molecule has 1 amide bonds. The minimum atomic E-state index is -0.155. The monoisotopic (exact) mass is 280 g/mol. The van der Waals surface area contributed by atoms with Crippen molar-refractivity contribution in [3.8, 4) is 0 Å². The first-order valence-electron chi connectivity index (χ1n) is 7.25. The molecule has 5 heteroatoms. The highest BCUT2D eigenvalue weighted by atomic mass is 16.1. The standard InChI is InChI=1S/C15H28N4O/c1-11(2)16-13(20)8-9-15(6,7)12-10-19(18-17-12)14(3,4)5/h10-11H,8-9H2,1-7H3,(H,16,20). The Kier molecular flexibility index (Phi) is 4.95. The number of hydrogen-bond acceptors (Lipinski definition) is 3. The Morgan fingerprint density at radius 2 is 1.90 bits per heavy atom. The lowest BCUT2D eigenvalue weighted by Gasteiger charge is -2.22. The van der Waals surface area contributed by atoms with Crippen LogP contribution in [0.25, 0.3) is 0 Å². The van der Waals surface area contributed by atoms with Crippen LogP contribution in [0.5, 0.6) is 0 Å². The van der Waals surface area contributed by atoms with Crippen LogP contribution >= 0.6 is 0 Å². The lowest BCUT2D eigenvalue weighted by molar-refractivity contribution is -0.121. The summed E-state index contributed by atoms with van der Waals surface area (Å²) in [6, 6.07) is 0.187. The SMILES string of the molecule is CC(C)NC(=O)CCC(C)(C)c1cn(C(C)(C)C)nn1. The van der Waals surface area contributed by atoms with Crippen molar-refractivity contribution in [2.75, 3.05) is 0 Å². The second-order valence-corrected chi connectivity index (χ2v) is 7.33. The summed E-state index contributed by atoms with van der Waals surface area (Å²) >= 11 is 0. The van der Waals surface area contributed by atoms with E-state index in [1.54, 1.807) is 0 Å². The maximum atomic E-state index is 11.7. The summed E-state index contributed by atoms with van der Waals surface area (Å²) in [6.45, 7) is 14.4. The maximum absolute atomic E-state index is 11.7. The highest BCUT2D eigenvalue weighted by Gasteiger charge is 2.27. The van der Waals surface area contributed by atoms with Crippen molar-refractivity contribution in [3.05, 3.63) is 11.9 Å². The van der Waals surface area contributed by atoms with Crippen LogP contribution in [-0.2, 0) is 15.7 Å². The van der Waals surface area contributed by atoms with Crippen LogP contribution in [-0.4, -0.2) is 26.9 Å². The van der Waals surface area contributed by atoms with Crippen LogP contribution in [0.2, 0.25) is 0 Å². The van der Waals surface area contributed by atoms with Gasteiger partial charge in [-0.2, -0.15) is 0 Å². The zero-order chi connectivity index (χ0) is 15.6. The molecule has 1 N–H and O–H groups in total. The van der Waals surface area contributed by atoms with Crippen LogP contribution in [0.4, 0.5) is 0 Å². The smallest absolute Gasteiger partial charge is 0.220 e. The third kappa shape index (κ3) is 4.62. The van der Waals surface area contributed by atoms with Gasteiger partial charge in [-0.3, -0.25) is 4.79 Å². The minimum Gasteiger partial charge on any atom is -0.354 e. The van der Waals surface area contributed by atoms with Gasteiger partial charge in [0.2, 0.25) is 5.91 Å². The Bertz CT molecular complexity index is 455. The van der Waals surface area contributed by atoms with E-state index < -0.39 is 0 Å². The van der Waals surface area contributed by atoms with Gasteiger partial charge in [0, 0.05) is 24.1 Å². The number of carbonyl (C=O) groups excluding carboxylic acids is 1. The maximum Gasteiger partial charge on any atom is 0.220 e. The Morgan fingerprint density at radius 1 is 1.30 bits per heavy atom. The van der Waals surface area contributed by atoms with E-state index in [1.807, 2.05) is 24.7 Å². The first kappa shape index (κ1) is 16.7. The third-order valence-corrected chi connectivity index (χ3v) is 3.30. The molecule has 1 rings (SSSR count). The van der Waals surface area contributed by atoms with Crippen molar-refractivity contribution in [2.24, 2.45) is 0 Å². The number of rotatable bonds is 5. The molecule has 0 atom stereocenters. The Balaban J connectivity index is 2.69. The van der Waals surface area contributed by atoms with Gasteiger partial charge in [0.1, 0.15) is 0 Å². The predicted octanol–water partition coefficient (Wildman–Crippen LogP) is 2.62. The number of carbonyl (C=O) groups is 1. The average molecular weight is 280 g/mol. The van der Waals surface area contributed by atoms with Crippen LogP contribution < -0.4 is 5.32 Å². The molecule has 0 aliphatic rings. The molecule has 0 aliphatic heterocycles. The number of nitrogens with zero attached hydrogens (tertiary/aromatic N) is 3. The first-order chi connectivity index (χ1) is 9.02. The van der Waals surface area contributed by atoms with Crippen molar-refractivity contribution >= 4 is 5.91 Å². The van der Waals surface area contributed by atoms with E-state index in [2.05, 4.69) is 50.2 Å². The summed E-state index contributed by atoms with van der Waals surface area (Å²) in [5.74, 6) is 0.0938. The Hall–Kier alpha value is -1.39. The van der Waals surface area contributed by atoms with E-state index in [0.717, 1.165) is 12.1 Å². The summed E-state index contributed by atoms with van der Waals surface area (Å²) in [4.78, 5) is 11.7. The molecule has 0 bridgehead atoms. The molecule has 0 saturated carbocycles. The van der Waals surface area contributed by atoms with Crippen molar-refractivity contribution in [3.63, 3.8) is 0 Å². The summed E-state index contributed by atoms with van der Waals surface area (Å²) in [5.41, 5.74) is 0.707. The second-order valence-electron chi connectivity index (χ2n) is 7.33. The van der Waals surface area contributed by atoms with Crippen LogP contribution in [0.1, 0.15) is 67.0 Å². The molecule has 0 fully saturated rings. The van der Waals surface area contributed by atoms with Crippen molar-refractivity contribution in [1.82, 2.24) is 20.3 Å². The fraction of sp³-hybridized carbons (Fsp3) is 0.800. The molecule has 1 aromatic heterocycles. The van der Waals surface area contributed by atoms with Crippen molar-refractivity contribution < 1.29 is 4.79 Å². The number of nitrogens with one attached hydrogen (secondary N) is 1. The zero-order valence-corrected chi connectivity index (χ0v) is 13.8. The Morgan fingerprint density at radius 3 is 2.35 bits per heavy atom. The summed E-state index contributed by atoms with van der Waals surface area (Å²) in [6.07, 6.45) is 3.25. The Labute approximate surface area is 122 Å². The molecule has 0 aromatic carbocycles. The molecule has 0 saturated heterocycles. The topological polar surface area (TPSA) is 59.8 Å². The third-order valence-electron chi connectivity index (χ3n) is 3.30. The summed E-state index contributed by atoms with van der Waals surface area (Å²) in [5, 5.41) is 11.4. The van der Waals surface area contributed by atoms with E-state index in [9.17, 15) is 4.79 Å². The van der Waals surface area contributed by atoms with Gasteiger partial charge in [0.15, 0.2) is 0 Å². The minimum absolute atomic E-state index is 0.0731. The molecule has 114 valence electrons. The van der Waals surface area contributed by atoms with Gasteiger partial charge in [-0.05, 0) is 41.0 Å². The van der Waals surface area contributed by atoms with Crippen LogP contribution in [0.3, 0.4) is 0 Å². The van der Waals surface area contributed by atoms with Gasteiger partial charge < -0.3 is 5.32 Å². The van der Waals surface area contributed by atoms with E-state index in [4.69, 9.17) is 0 Å². The van der Waals surface area contributed by atoms with Crippen LogP contribution in [0.15, 0.2) is 6.20 Å². The van der Waals surface area contributed by atoms with Gasteiger partial charge in [-0.15, -0.1) is 5.10 Å². The molecule has 0 radical (unpaired) electrons. The lowest BCUT2D eigenvalue weighted by Crippen LogP contribution is -2.31. The fourth-order valence-corrected chi connectivity index (χ4v) is 1.85. The number of aromatic nitrogens is 3. The van der Waals surface area contributed by atoms with Gasteiger partial charge >= 0.3 is 0 Å². The van der Waals surface area contributed by atoms with Gasteiger partial charge in [-0.25, -0.2) is 4.68 Å². The molecule has 1 heterocycles. The molecule has 1 aromatic rings. The van der Waals surface area contributed by atoms with E-state index in [0.29, 0.717) is 6.42 Å². The average Bonchev–Trinajstić information content (AvgIpc) is 2.75. The quantitative estimate of drug-likeness (QED) is 0.902. The molecule has 0 spiro atoms. The van der Waals surface area contributed by atoms with Gasteiger partial charge in [0.05, 0.1) is 11.2 Å². The largest absolute Gasteiger partial charge is 0.354 e. The van der Waals surface area contributed by atoms with Gasteiger partial charge in [0.25, 0.3) is 0 Å². The molecular formula is C15H28N4O. The lowest BCUT2D eigenvalue weighted by atomic mass is 9.84. The molecule has 0 unspecified atom stereocenters. The van der Waals surface area contributed by atoms with Gasteiger partial charge in [-0.1, -0.05) is 19.1 Å². The van der Waals surface area contributed by atoms with E-state index >= 15 is 0 Å². The van der Waals surface area contributed by atoms with Crippen molar-refractivity contribution in [1.29, 1.82) is 0 Å². The second kappa shape index (κ2) is 5.94. The number of amides is 1.